The molecule has 80 valence electrons. The zero-order valence-corrected chi connectivity index (χ0v) is 10.5. The minimum Gasteiger partial charge on any atom is -0.310 e. The van der Waals surface area contributed by atoms with Crippen molar-refractivity contribution >= 4 is 22.7 Å². The molecule has 2 aromatic rings. The summed E-state index contributed by atoms with van der Waals surface area (Å²) in [6.07, 6.45) is 1.98. The van der Waals surface area contributed by atoms with Gasteiger partial charge in [-0.25, -0.2) is 4.98 Å². The molecular formula is C11H14N2S2. The lowest BCUT2D eigenvalue weighted by Gasteiger charge is -2.07. The Labute approximate surface area is 98.0 Å². The summed E-state index contributed by atoms with van der Waals surface area (Å²) in [6, 6.07) is 2.52. The molecule has 0 aliphatic heterocycles. The van der Waals surface area contributed by atoms with Crippen LogP contribution in [-0.2, 0) is 0 Å². The quantitative estimate of drug-likeness (QED) is 0.881. The third-order valence-electron chi connectivity index (χ3n) is 2.23. The zero-order chi connectivity index (χ0) is 10.7. The molecule has 0 amide bonds. The Morgan fingerprint density at radius 3 is 3.07 bits per heavy atom. The molecule has 2 rings (SSSR count). The van der Waals surface area contributed by atoms with Crippen molar-refractivity contribution in [2.24, 2.45) is 0 Å². The van der Waals surface area contributed by atoms with Gasteiger partial charge in [0.1, 0.15) is 5.01 Å². The molecule has 0 aliphatic carbocycles. The van der Waals surface area contributed by atoms with E-state index in [2.05, 4.69) is 41.0 Å². The van der Waals surface area contributed by atoms with Crippen molar-refractivity contribution in [1.29, 1.82) is 0 Å². The SMILES string of the molecule is CCNC(C)c1cnc(-c2ccsc2)s1. The van der Waals surface area contributed by atoms with Crippen molar-refractivity contribution in [3.63, 3.8) is 0 Å². The molecule has 0 radical (unpaired) electrons. The summed E-state index contributed by atoms with van der Waals surface area (Å²) in [5.74, 6) is 0. The van der Waals surface area contributed by atoms with E-state index in [1.165, 1.54) is 10.4 Å². The first-order chi connectivity index (χ1) is 7.31. The second kappa shape index (κ2) is 4.88. The average Bonchev–Trinajstić information content (AvgIpc) is 2.89. The molecule has 0 aromatic carbocycles. The fourth-order valence-corrected chi connectivity index (χ4v) is 3.07. The van der Waals surface area contributed by atoms with Crippen LogP contribution in [0.4, 0.5) is 0 Å². The second-order valence-corrected chi connectivity index (χ2v) is 5.20. The van der Waals surface area contributed by atoms with Crippen LogP contribution < -0.4 is 5.32 Å². The molecule has 0 saturated heterocycles. The standard InChI is InChI=1S/C11H14N2S2/c1-3-12-8(2)10-6-13-11(15-10)9-4-5-14-7-9/h4-8,12H,3H2,1-2H3. The fraction of sp³-hybridized carbons (Fsp3) is 0.364. The number of hydrogen-bond donors (Lipinski definition) is 1. The molecule has 1 unspecified atom stereocenters. The van der Waals surface area contributed by atoms with Crippen LogP contribution in [0.15, 0.2) is 23.0 Å². The van der Waals surface area contributed by atoms with Gasteiger partial charge in [0.15, 0.2) is 0 Å². The van der Waals surface area contributed by atoms with Gasteiger partial charge in [-0.3, -0.25) is 0 Å². The number of thiazole rings is 1. The number of thiophene rings is 1. The topological polar surface area (TPSA) is 24.9 Å². The first kappa shape index (κ1) is 10.8. The lowest BCUT2D eigenvalue weighted by atomic mass is 10.3. The molecule has 2 nitrogen and oxygen atoms in total. The molecule has 1 atom stereocenters. The van der Waals surface area contributed by atoms with E-state index < -0.39 is 0 Å². The van der Waals surface area contributed by atoms with Crippen LogP contribution in [0.3, 0.4) is 0 Å². The third kappa shape index (κ3) is 2.45. The largest absolute Gasteiger partial charge is 0.310 e. The third-order valence-corrected chi connectivity index (χ3v) is 4.14. The Balaban J connectivity index is 2.17. The Bertz CT molecular complexity index is 406. The highest BCUT2D eigenvalue weighted by molar-refractivity contribution is 7.15. The molecular weight excluding hydrogens is 224 g/mol. The Kier molecular flexibility index (Phi) is 3.51. The number of nitrogens with zero attached hydrogens (tertiary/aromatic N) is 1. The van der Waals surface area contributed by atoms with E-state index in [4.69, 9.17) is 0 Å². The highest BCUT2D eigenvalue weighted by Crippen LogP contribution is 2.29. The van der Waals surface area contributed by atoms with Gasteiger partial charge in [0.2, 0.25) is 0 Å². The van der Waals surface area contributed by atoms with Crippen LogP contribution in [0.1, 0.15) is 24.8 Å². The average molecular weight is 238 g/mol. The molecule has 0 bridgehead atoms. The van der Waals surface area contributed by atoms with Crippen molar-refractivity contribution in [2.45, 2.75) is 19.9 Å². The van der Waals surface area contributed by atoms with Crippen LogP contribution in [0.2, 0.25) is 0 Å². The van der Waals surface area contributed by atoms with Gasteiger partial charge >= 0.3 is 0 Å². The van der Waals surface area contributed by atoms with Gasteiger partial charge in [0, 0.05) is 28.1 Å². The molecule has 0 aliphatic rings. The molecule has 4 heteroatoms. The molecule has 1 N–H and O–H groups in total. The monoisotopic (exact) mass is 238 g/mol. The van der Waals surface area contributed by atoms with Gasteiger partial charge < -0.3 is 5.32 Å². The molecule has 0 saturated carbocycles. The Morgan fingerprint density at radius 2 is 2.40 bits per heavy atom. The first-order valence-corrected chi connectivity index (χ1v) is 6.79. The number of rotatable bonds is 4. The van der Waals surface area contributed by atoms with Crippen molar-refractivity contribution in [1.82, 2.24) is 10.3 Å². The summed E-state index contributed by atoms with van der Waals surface area (Å²) in [5.41, 5.74) is 1.24. The van der Waals surface area contributed by atoms with E-state index in [9.17, 15) is 0 Å². The van der Waals surface area contributed by atoms with E-state index in [1.807, 2.05) is 6.20 Å². The van der Waals surface area contributed by atoms with Gasteiger partial charge in [0.05, 0.1) is 0 Å². The van der Waals surface area contributed by atoms with Crippen molar-refractivity contribution in [3.8, 4) is 10.6 Å². The van der Waals surface area contributed by atoms with Crippen molar-refractivity contribution in [3.05, 3.63) is 27.9 Å². The summed E-state index contributed by atoms with van der Waals surface area (Å²) in [4.78, 5) is 5.75. The maximum Gasteiger partial charge on any atom is 0.124 e. The number of nitrogens with one attached hydrogen (secondary N) is 1. The van der Waals surface area contributed by atoms with E-state index in [1.54, 1.807) is 22.7 Å². The van der Waals surface area contributed by atoms with E-state index in [-0.39, 0.29) is 0 Å². The normalized spacial score (nSPS) is 12.9. The van der Waals surface area contributed by atoms with Gasteiger partial charge in [-0.05, 0) is 24.9 Å². The fourth-order valence-electron chi connectivity index (χ4n) is 1.41. The van der Waals surface area contributed by atoms with Crippen molar-refractivity contribution < 1.29 is 0 Å². The Morgan fingerprint density at radius 1 is 1.53 bits per heavy atom. The van der Waals surface area contributed by atoms with Crippen LogP contribution in [0.25, 0.3) is 10.6 Å². The van der Waals surface area contributed by atoms with Gasteiger partial charge in [-0.15, -0.1) is 11.3 Å². The minimum absolute atomic E-state index is 0.403. The predicted octanol–water partition coefficient (Wildman–Crippen LogP) is 3.54. The summed E-state index contributed by atoms with van der Waals surface area (Å²) in [7, 11) is 0. The second-order valence-electron chi connectivity index (χ2n) is 3.36. The molecule has 15 heavy (non-hydrogen) atoms. The lowest BCUT2D eigenvalue weighted by Crippen LogP contribution is -2.16. The van der Waals surface area contributed by atoms with Gasteiger partial charge in [0.25, 0.3) is 0 Å². The summed E-state index contributed by atoms with van der Waals surface area (Å²) >= 11 is 3.49. The van der Waals surface area contributed by atoms with E-state index in [0.29, 0.717) is 6.04 Å². The van der Waals surface area contributed by atoms with Gasteiger partial charge in [-0.2, -0.15) is 11.3 Å². The zero-order valence-electron chi connectivity index (χ0n) is 8.86. The minimum atomic E-state index is 0.403. The maximum atomic E-state index is 4.45. The molecule has 2 aromatic heterocycles. The van der Waals surface area contributed by atoms with E-state index >= 15 is 0 Å². The first-order valence-electron chi connectivity index (χ1n) is 5.03. The van der Waals surface area contributed by atoms with Crippen LogP contribution >= 0.6 is 22.7 Å². The van der Waals surface area contributed by atoms with Crippen LogP contribution in [-0.4, -0.2) is 11.5 Å². The van der Waals surface area contributed by atoms with E-state index in [0.717, 1.165) is 11.6 Å². The highest BCUT2D eigenvalue weighted by Gasteiger charge is 2.09. The lowest BCUT2D eigenvalue weighted by molar-refractivity contribution is 0.606. The van der Waals surface area contributed by atoms with Crippen LogP contribution in [0, 0.1) is 0 Å². The van der Waals surface area contributed by atoms with Crippen molar-refractivity contribution in [2.75, 3.05) is 6.54 Å². The predicted molar refractivity (Wildman–Crippen MR) is 67.5 cm³/mol. The van der Waals surface area contributed by atoms with Gasteiger partial charge in [-0.1, -0.05) is 6.92 Å². The molecule has 0 fully saturated rings. The maximum absolute atomic E-state index is 4.45. The molecule has 2 heterocycles. The summed E-state index contributed by atoms with van der Waals surface area (Å²) < 4.78 is 0. The number of aromatic nitrogens is 1. The highest BCUT2D eigenvalue weighted by atomic mass is 32.1. The summed E-state index contributed by atoms with van der Waals surface area (Å²) in [5, 5.41) is 8.74. The Hall–Kier alpha value is -0.710. The smallest absolute Gasteiger partial charge is 0.124 e. The molecule has 0 spiro atoms. The summed E-state index contributed by atoms with van der Waals surface area (Å²) in [6.45, 7) is 5.29. The van der Waals surface area contributed by atoms with Crippen LogP contribution in [0.5, 0.6) is 0 Å². The number of hydrogen-bond acceptors (Lipinski definition) is 4.